The highest BCUT2D eigenvalue weighted by Crippen LogP contribution is 2.30. The first-order valence-corrected chi connectivity index (χ1v) is 9.99. The topological polar surface area (TPSA) is 63.7 Å². The van der Waals surface area contributed by atoms with Crippen molar-refractivity contribution >= 4 is 15.7 Å². The normalized spacial score (nSPS) is 35.4. The summed E-state index contributed by atoms with van der Waals surface area (Å²) < 4.78 is 28.7. The quantitative estimate of drug-likeness (QED) is 0.789. The molecule has 3 fully saturated rings. The first-order valence-electron chi connectivity index (χ1n) is 8.17. The van der Waals surface area contributed by atoms with E-state index in [1.54, 1.807) is 0 Å². The van der Waals surface area contributed by atoms with E-state index in [9.17, 15) is 13.2 Å². The maximum Gasteiger partial charge on any atom is 0.222 e. The minimum atomic E-state index is -2.83. The third-order valence-corrected chi connectivity index (χ3v) is 6.98. The molecule has 21 heavy (non-hydrogen) atoms. The van der Waals surface area contributed by atoms with Gasteiger partial charge in [-0.3, -0.25) is 4.79 Å². The fraction of sp³-hybridized carbons (Fsp3) is 0.933. The smallest absolute Gasteiger partial charge is 0.222 e. The number of hydrogen-bond acceptors (Lipinski definition) is 4. The number of amides is 1. The number of morpholine rings is 1. The number of ether oxygens (including phenoxy) is 1. The van der Waals surface area contributed by atoms with Crippen molar-refractivity contribution in [3.05, 3.63) is 0 Å². The molecule has 2 heterocycles. The van der Waals surface area contributed by atoms with Crippen molar-refractivity contribution in [1.29, 1.82) is 0 Å². The van der Waals surface area contributed by atoms with E-state index in [0.29, 0.717) is 31.7 Å². The summed E-state index contributed by atoms with van der Waals surface area (Å²) in [6, 6.07) is 0.257. The van der Waals surface area contributed by atoms with Crippen LogP contribution in [0, 0.1) is 5.92 Å². The molecule has 2 aliphatic heterocycles. The van der Waals surface area contributed by atoms with Crippen molar-refractivity contribution < 1.29 is 17.9 Å². The Kier molecular flexibility index (Phi) is 4.54. The van der Waals surface area contributed by atoms with Gasteiger partial charge in [0, 0.05) is 13.0 Å². The number of nitrogens with zero attached hydrogens (tertiary/aromatic N) is 1. The van der Waals surface area contributed by atoms with Crippen molar-refractivity contribution in [3.8, 4) is 0 Å². The summed E-state index contributed by atoms with van der Waals surface area (Å²) in [4.78, 5) is 14.5. The van der Waals surface area contributed by atoms with Crippen LogP contribution in [0.3, 0.4) is 0 Å². The molecule has 0 radical (unpaired) electrons. The number of fused-ring (bicyclic) bond motifs is 1. The summed E-state index contributed by atoms with van der Waals surface area (Å²) in [6.45, 7) is 1.34. The van der Waals surface area contributed by atoms with E-state index in [1.165, 1.54) is 12.8 Å². The molecule has 0 aromatic carbocycles. The first-order chi connectivity index (χ1) is 10.1. The van der Waals surface area contributed by atoms with Gasteiger partial charge in [0.1, 0.15) is 0 Å². The summed E-state index contributed by atoms with van der Waals surface area (Å²) in [5.41, 5.74) is 0. The van der Waals surface area contributed by atoms with Crippen LogP contribution in [-0.2, 0) is 19.4 Å². The standard InChI is InChI=1S/C15H25NO4S/c17-15(6-5-12-7-10-21(18,19)11-12)16-8-9-20-14-4-2-1-3-13(14)16/h12-14H,1-11H2. The molecule has 3 rings (SSSR count). The summed E-state index contributed by atoms with van der Waals surface area (Å²) in [5.74, 6) is 0.949. The van der Waals surface area contributed by atoms with Gasteiger partial charge in [-0.2, -0.15) is 0 Å². The zero-order chi connectivity index (χ0) is 14.9. The fourth-order valence-corrected chi connectivity index (χ4v) is 5.89. The zero-order valence-corrected chi connectivity index (χ0v) is 13.3. The Bertz CT molecular complexity index is 488. The monoisotopic (exact) mass is 315 g/mol. The summed E-state index contributed by atoms with van der Waals surface area (Å²) in [6.07, 6.45) is 6.64. The van der Waals surface area contributed by atoms with Crippen molar-refractivity contribution in [2.75, 3.05) is 24.7 Å². The number of carbonyl (C=O) groups is 1. The molecule has 3 aliphatic rings. The van der Waals surface area contributed by atoms with Crippen LogP contribution in [0.2, 0.25) is 0 Å². The fourth-order valence-electron chi connectivity index (χ4n) is 3.98. The van der Waals surface area contributed by atoms with E-state index in [4.69, 9.17) is 4.74 Å². The molecule has 1 saturated carbocycles. The molecule has 0 aromatic rings. The maximum absolute atomic E-state index is 12.5. The van der Waals surface area contributed by atoms with Crippen molar-refractivity contribution in [3.63, 3.8) is 0 Å². The second-order valence-corrected chi connectivity index (χ2v) is 8.88. The number of rotatable bonds is 3. The van der Waals surface area contributed by atoms with Crippen LogP contribution >= 0.6 is 0 Å². The molecule has 3 unspecified atom stereocenters. The van der Waals surface area contributed by atoms with Gasteiger partial charge in [-0.1, -0.05) is 12.8 Å². The second kappa shape index (κ2) is 6.24. The molecule has 0 bridgehead atoms. The Morgan fingerprint density at radius 1 is 1.19 bits per heavy atom. The van der Waals surface area contributed by atoms with Gasteiger partial charge in [-0.05, 0) is 31.6 Å². The summed E-state index contributed by atoms with van der Waals surface area (Å²) >= 11 is 0. The van der Waals surface area contributed by atoms with Crippen LogP contribution in [0.1, 0.15) is 44.9 Å². The predicted octanol–water partition coefficient (Wildman–Crippen LogP) is 1.37. The van der Waals surface area contributed by atoms with Gasteiger partial charge in [0.15, 0.2) is 9.84 Å². The average molecular weight is 315 g/mol. The highest BCUT2D eigenvalue weighted by molar-refractivity contribution is 7.91. The molecule has 120 valence electrons. The van der Waals surface area contributed by atoms with Crippen molar-refractivity contribution in [2.45, 2.75) is 57.1 Å². The van der Waals surface area contributed by atoms with E-state index < -0.39 is 9.84 Å². The van der Waals surface area contributed by atoms with E-state index in [1.807, 2.05) is 4.90 Å². The van der Waals surface area contributed by atoms with Gasteiger partial charge >= 0.3 is 0 Å². The van der Waals surface area contributed by atoms with Gasteiger partial charge in [0.2, 0.25) is 5.91 Å². The molecule has 3 atom stereocenters. The average Bonchev–Trinajstić information content (AvgIpc) is 2.83. The Labute approximate surface area is 126 Å². The second-order valence-electron chi connectivity index (χ2n) is 6.66. The van der Waals surface area contributed by atoms with Crippen LogP contribution in [0.15, 0.2) is 0 Å². The van der Waals surface area contributed by atoms with Crippen LogP contribution in [0.4, 0.5) is 0 Å². The van der Waals surface area contributed by atoms with Gasteiger partial charge in [-0.15, -0.1) is 0 Å². The molecule has 5 nitrogen and oxygen atoms in total. The van der Waals surface area contributed by atoms with E-state index in [-0.39, 0.29) is 29.7 Å². The largest absolute Gasteiger partial charge is 0.374 e. The number of hydrogen-bond donors (Lipinski definition) is 0. The molecule has 0 N–H and O–H groups in total. The summed E-state index contributed by atoms with van der Waals surface area (Å²) in [5, 5.41) is 0. The Balaban J connectivity index is 1.52. The zero-order valence-electron chi connectivity index (χ0n) is 12.5. The Hall–Kier alpha value is -0.620. The molecule has 6 heteroatoms. The van der Waals surface area contributed by atoms with Crippen molar-refractivity contribution in [2.24, 2.45) is 5.92 Å². The molecular weight excluding hydrogens is 290 g/mol. The predicted molar refractivity (Wildman–Crippen MR) is 79.7 cm³/mol. The molecule has 1 aliphatic carbocycles. The molecular formula is C15H25NO4S. The van der Waals surface area contributed by atoms with Crippen molar-refractivity contribution in [1.82, 2.24) is 4.90 Å². The first kappa shape index (κ1) is 15.3. The lowest BCUT2D eigenvalue weighted by Gasteiger charge is -2.44. The molecule has 0 spiro atoms. The van der Waals surface area contributed by atoms with E-state index in [2.05, 4.69) is 0 Å². The van der Waals surface area contributed by atoms with Crippen LogP contribution in [0.5, 0.6) is 0 Å². The minimum Gasteiger partial charge on any atom is -0.374 e. The van der Waals surface area contributed by atoms with Crippen LogP contribution in [0.25, 0.3) is 0 Å². The minimum absolute atomic E-state index is 0.183. The third kappa shape index (κ3) is 3.59. The lowest BCUT2D eigenvalue weighted by atomic mass is 9.89. The molecule has 2 saturated heterocycles. The Morgan fingerprint density at radius 2 is 2.00 bits per heavy atom. The highest BCUT2D eigenvalue weighted by atomic mass is 32.2. The van der Waals surface area contributed by atoms with Gasteiger partial charge in [0.25, 0.3) is 0 Å². The van der Waals surface area contributed by atoms with Crippen LogP contribution in [-0.4, -0.2) is 56.0 Å². The van der Waals surface area contributed by atoms with Crippen LogP contribution < -0.4 is 0 Å². The number of carbonyl (C=O) groups excluding carboxylic acids is 1. The SMILES string of the molecule is O=C(CCC1CCS(=O)(=O)C1)N1CCOC2CCCCC21. The lowest BCUT2D eigenvalue weighted by molar-refractivity contribution is -0.149. The Morgan fingerprint density at radius 3 is 2.76 bits per heavy atom. The number of sulfone groups is 1. The highest BCUT2D eigenvalue weighted by Gasteiger charge is 2.37. The molecule has 1 amide bonds. The summed E-state index contributed by atoms with van der Waals surface area (Å²) in [7, 11) is -2.83. The third-order valence-electron chi connectivity index (χ3n) is 5.15. The van der Waals surface area contributed by atoms with E-state index in [0.717, 1.165) is 19.3 Å². The maximum atomic E-state index is 12.5. The van der Waals surface area contributed by atoms with Gasteiger partial charge < -0.3 is 9.64 Å². The van der Waals surface area contributed by atoms with E-state index >= 15 is 0 Å². The van der Waals surface area contributed by atoms with Gasteiger partial charge in [0.05, 0.1) is 30.3 Å². The van der Waals surface area contributed by atoms with Gasteiger partial charge in [-0.25, -0.2) is 8.42 Å². The lowest BCUT2D eigenvalue weighted by Crippen LogP contribution is -2.54. The molecule has 0 aromatic heterocycles.